The molecule has 0 amide bonds. The monoisotopic (exact) mass is 246 g/mol. The van der Waals surface area contributed by atoms with Crippen molar-refractivity contribution in [2.24, 2.45) is 0 Å². The first-order valence-electron chi connectivity index (χ1n) is 4.81. The molecule has 0 heterocycles. The molecular formula is C10H22CaO4. The second-order valence-electron chi connectivity index (χ2n) is 3.67. The Morgan fingerprint density at radius 3 is 1.00 bits per heavy atom. The topological polar surface area (TPSA) is 64.6 Å². The van der Waals surface area contributed by atoms with Crippen molar-refractivity contribution >= 4 is 37.7 Å². The van der Waals surface area contributed by atoms with Crippen molar-refractivity contribution in [3.05, 3.63) is 0 Å². The maximum absolute atomic E-state index is 10.5. The molecule has 5 heteroatoms. The quantitative estimate of drug-likeness (QED) is 0.511. The zero-order valence-corrected chi connectivity index (χ0v) is 13.0. The van der Waals surface area contributed by atoms with E-state index in [1.54, 1.807) is 13.8 Å². The molecule has 0 spiro atoms. The van der Waals surface area contributed by atoms with E-state index < -0.39 is 11.6 Å². The van der Waals surface area contributed by atoms with E-state index in [1.807, 2.05) is 0 Å². The molecule has 0 radical (unpaired) electrons. The third kappa shape index (κ3) is 31.3. The molecule has 0 aromatic heterocycles. The van der Waals surface area contributed by atoms with Crippen LogP contribution in [0, 0.1) is 0 Å². The third-order valence-corrected chi connectivity index (χ3v) is 0.984. The van der Waals surface area contributed by atoms with E-state index in [9.17, 15) is 10.2 Å². The largest absolute Gasteiger partial charge is 2.00 e. The summed E-state index contributed by atoms with van der Waals surface area (Å²) in [7, 11) is 0. The minimum atomic E-state index is -1.20. The van der Waals surface area contributed by atoms with Gasteiger partial charge in [0.15, 0.2) is 0 Å². The van der Waals surface area contributed by atoms with Gasteiger partial charge in [-0.1, -0.05) is 27.7 Å². The molecule has 0 fully saturated rings. The molecule has 0 aliphatic rings. The zero-order chi connectivity index (χ0) is 11.8. The molecule has 0 unspecified atom stereocenters. The van der Waals surface area contributed by atoms with Gasteiger partial charge in [-0.05, 0) is 25.4 Å². The summed E-state index contributed by atoms with van der Waals surface area (Å²) in [4.78, 5) is 0. The first-order valence-corrected chi connectivity index (χ1v) is 4.81. The molecule has 4 nitrogen and oxygen atoms in total. The molecule has 0 saturated carbocycles. The zero-order valence-electron chi connectivity index (χ0n) is 10.8. The smallest absolute Gasteiger partial charge is 0.829 e. The second kappa shape index (κ2) is 10.3. The number of hydrogen-bond acceptors (Lipinski definition) is 4. The normalized spacial score (nSPS) is 11.2. The second-order valence-corrected chi connectivity index (χ2v) is 3.67. The summed E-state index contributed by atoms with van der Waals surface area (Å²) >= 11 is 0. The van der Waals surface area contributed by atoms with Crippen LogP contribution in [0.4, 0.5) is 0 Å². The summed E-state index contributed by atoms with van der Waals surface area (Å²) in [6.07, 6.45) is 0. The summed E-state index contributed by atoms with van der Waals surface area (Å²) in [6, 6.07) is 0. The van der Waals surface area contributed by atoms with Crippen LogP contribution < -0.4 is 10.2 Å². The SMILES string of the molecule is CCOC(C)(C)[O-].CCOC(C)(C)[O-].[Ca+2]. The molecule has 0 aromatic carbocycles. The molecule has 0 rings (SSSR count). The van der Waals surface area contributed by atoms with Crippen LogP contribution in [0.2, 0.25) is 0 Å². The Bertz CT molecular complexity index is 110. The Morgan fingerprint density at radius 2 is 1.00 bits per heavy atom. The molecular weight excluding hydrogens is 224 g/mol. The van der Waals surface area contributed by atoms with E-state index >= 15 is 0 Å². The Labute approximate surface area is 123 Å². The van der Waals surface area contributed by atoms with E-state index in [2.05, 4.69) is 9.47 Å². The summed E-state index contributed by atoms with van der Waals surface area (Å²) in [5.41, 5.74) is 0. The van der Waals surface area contributed by atoms with Gasteiger partial charge in [0.05, 0.1) is 0 Å². The summed E-state index contributed by atoms with van der Waals surface area (Å²) in [5, 5.41) is 21.0. The molecule has 88 valence electrons. The van der Waals surface area contributed by atoms with Crippen molar-refractivity contribution < 1.29 is 19.7 Å². The fourth-order valence-electron chi connectivity index (χ4n) is 0.695. The maximum Gasteiger partial charge on any atom is 2.00 e. The first kappa shape index (κ1) is 21.4. The molecule has 15 heavy (non-hydrogen) atoms. The van der Waals surface area contributed by atoms with Crippen LogP contribution in [0.15, 0.2) is 0 Å². The van der Waals surface area contributed by atoms with Gasteiger partial charge in [-0.25, -0.2) is 0 Å². The van der Waals surface area contributed by atoms with Gasteiger partial charge in [0.1, 0.15) is 0 Å². The number of rotatable bonds is 4. The third-order valence-electron chi connectivity index (χ3n) is 0.984. The predicted molar refractivity (Wildman–Crippen MR) is 57.2 cm³/mol. The molecule has 0 atom stereocenters. The Balaban J connectivity index is -0.000000180. The standard InChI is InChI=1S/2C5H11O2.Ca/c2*1-4-7-5(2,3)6;/h2*4H2,1-3H3;/q2*-1;+2. The summed E-state index contributed by atoms with van der Waals surface area (Å²) < 4.78 is 9.35. The number of ether oxygens (including phenoxy) is 2. The van der Waals surface area contributed by atoms with Crippen LogP contribution >= 0.6 is 0 Å². The fourth-order valence-corrected chi connectivity index (χ4v) is 0.695. The van der Waals surface area contributed by atoms with Crippen molar-refractivity contribution in [3.8, 4) is 0 Å². The average molecular weight is 246 g/mol. The first-order chi connectivity index (χ1) is 6.12. The van der Waals surface area contributed by atoms with Crippen LogP contribution in [0.3, 0.4) is 0 Å². The molecule has 0 aliphatic carbocycles. The van der Waals surface area contributed by atoms with E-state index in [4.69, 9.17) is 0 Å². The summed E-state index contributed by atoms with van der Waals surface area (Å²) in [6.45, 7) is 10.6. The van der Waals surface area contributed by atoms with Crippen LogP contribution in [0.5, 0.6) is 0 Å². The molecule has 0 N–H and O–H groups in total. The van der Waals surface area contributed by atoms with Gasteiger partial charge in [0, 0.05) is 13.2 Å². The van der Waals surface area contributed by atoms with Gasteiger partial charge in [-0.2, -0.15) is 0 Å². The Kier molecular flexibility index (Phi) is 14.6. The van der Waals surface area contributed by atoms with Gasteiger partial charge in [-0.15, -0.1) is 0 Å². The van der Waals surface area contributed by atoms with Crippen molar-refractivity contribution in [2.75, 3.05) is 13.2 Å². The minimum Gasteiger partial charge on any atom is -0.829 e. The van der Waals surface area contributed by atoms with Crippen molar-refractivity contribution in [2.45, 2.75) is 53.1 Å². The van der Waals surface area contributed by atoms with E-state index in [-0.39, 0.29) is 37.7 Å². The predicted octanol–water partition coefficient (Wildman–Crippen LogP) is -0.142. The van der Waals surface area contributed by atoms with E-state index in [1.165, 1.54) is 27.7 Å². The molecule has 0 aliphatic heterocycles. The van der Waals surface area contributed by atoms with Gasteiger partial charge in [0.2, 0.25) is 0 Å². The fraction of sp³-hybridized carbons (Fsp3) is 1.00. The van der Waals surface area contributed by atoms with E-state index in [0.29, 0.717) is 13.2 Å². The molecule has 0 bridgehead atoms. The van der Waals surface area contributed by atoms with Gasteiger partial charge >= 0.3 is 37.7 Å². The van der Waals surface area contributed by atoms with Crippen LogP contribution in [-0.2, 0) is 9.47 Å². The van der Waals surface area contributed by atoms with Crippen LogP contribution in [0.1, 0.15) is 41.5 Å². The maximum atomic E-state index is 10.5. The van der Waals surface area contributed by atoms with E-state index in [0.717, 1.165) is 0 Å². The Hall–Kier alpha value is 1.10. The van der Waals surface area contributed by atoms with Crippen LogP contribution in [0.25, 0.3) is 0 Å². The van der Waals surface area contributed by atoms with Crippen LogP contribution in [-0.4, -0.2) is 62.5 Å². The van der Waals surface area contributed by atoms with Gasteiger partial charge in [0.25, 0.3) is 0 Å². The Morgan fingerprint density at radius 1 is 0.800 bits per heavy atom. The molecule has 0 aromatic rings. The molecule has 0 saturated heterocycles. The van der Waals surface area contributed by atoms with Gasteiger partial charge in [-0.3, -0.25) is 0 Å². The van der Waals surface area contributed by atoms with Crippen molar-refractivity contribution in [3.63, 3.8) is 0 Å². The van der Waals surface area contributed by atoms with Gasteiger partial charge < -0.3 is 19.7 Å². The summed E-state index contributed by atoms with van der Waals surface area (Å²) in [5.74, 6) is -2.40. The average Bonchev–Trinajstić information content (AvgIpc) is 1.81. The number of hydrogen-bond donors (Lipinski definition) is 0. The van der Waals surface area contributed by atoms with Crippen molar-refractivity contribution in [1.82, 2.24) is 0 Å². The van der Waals surface area contributed by atoms with Crippen molar-refractivity contribution in [1.29, 1.82) is 0 Å². The minimum absolute atomic E-state index is 0.